The first kappa shape index (κ1) is 27.4. The van der Waals surface area contributed by atoms with Crippen LogP contribution in [0.2, 0.25) is 0 Å². The van der Waals surface area contributed by atoms with E-state index in [0.717, 1.165) is 77.6 Å². The number of guanidine groups is 1. The van der Waals surface area contributed by atoms with Crippen LogP contribution >= 0.6 is 24.0 Å². The smallest absolute Gasteiger partial charge is 0.225 e. The van der Waals surface area contributed by atoms with Crippen LogP contribution in [0.5, 0.6) is 0 Å². The molecule has 1 unspecified atom stereocenters. The summed E-state index contributed by atoms with van der Waals surface area (Å²) < 4.78 is 0. The van der Waals surface area contributed by atoms with Crippen molar-refractivity contribution < 1.29 is 4.79 Å². The summed E-state index contributed by atoms with van der Waals surface area (Å²) in [5.74, 6) is 1.61. The summed E-state index contributed by atoms with van der Waals surface area (Å²) in [5.41, 5.74) is 0. The lowest BCUT2D eigenvalue weighted by Gasteiger charge is -2.38. The van der Waals surface area contributed by atoms with E-state index in [4.69, 9.17) is 0 Å². The minimum Gasteiger partial charge on any atom is -0.355 e. The summed E-state index contributed by atoms with van der Waals surface area (Å²) in [7, 11) is 1.84. The molecule has 176 valence electrons. The molecule has 0 aromatic rings. The zero-order chi connectivity index (χ0) is 21.1. The predicted molar refractivity (Wildman–Crippen MR) is 137 cm³/mol. The molecular formula is C22H45IN6O. The average Bonchev–Trinajstić information content (AvgIpc) is 2.69. The lowest BCUT2D eigenvalue weighted by molar-refractivity contribution is -0.139. The molecule has 1 saturated heterocycles. The van der Waals surface area contributed by atoms with E-state index in [2.05, 4.69) is 51.1 Å². The quantitative estimate of drug-likeness (QED) is 0.241. The number of nitrogens with one attached hydrogen (secondary N) is 2. The monoisotopic (exact) mass is 536 g/mol. The average molecular weight is 537 g/mol. The fraction of sp³-hybridized carbons (Fsp3) is 0.909. The summed E-state index contributed by atoms with van der Waals surface area (Å²) in [6.07, 6.45) is 5.78. The van der Waals surface area contributed by atoms with Crippen LogP contribution in [-0.4, -0.2) is 98.6 Å². The van der Waals surface area contributed by atoms with Crippen LogP contribution in [-0.2, 0) is 4.79 Å². The molecule has 1 saturated carbocycles. The summed E-state index contributed by atoms with van der Waals surface area (Å²) >= 11 is 0. The molecule has 1 amide bonds. The van der Waals surface area contributed by atoms with Gasteiger partial charge in [-0.1, -0.05) is 20.3 Å². The number of amides is 1. The third-order valence-electron chi connectivity index (χ3n) is 6.47. The molecule has 2 aliphatic rings. The zero-order valence-corrected chi connectivity index (χ0v) is 22.0. The Morgan fingerprint density at radius 3 is 2.37 bits per heavy atom. The van der Waals surface area contributed by atoms with E-state index in [9.17, 15) is 4.79 Å². The van der Waals surface area contributed by atoms with Gasteiger partial charge in [-0.25, -0.2) is 0 Å². The van der Waals surface area contributed by atoms with E-state index in [1.165, 1.54) is 19.4 Å². The largest absolute Gasteiger partial charge is 0.355 e. The first-order valence-electron chi connectivity index (χ1n) is 11.8. The standard InChI is InChI=1S/C22H44N6O.HI/c1-5-26(6-2)13-8-9-19(3)25-22(23-4)24-12-14-27-15-17-28(18-16-27)21(29)20-10-7-11-20;/h19-20H,5-18H2,1-4H3,(H2,23,24,25);1H. The van der Waals surface area contributed by atoms with Gasteiger partial charge in [0.05, 0.1) is 0 Å². The SMILES string of the molecule is CCN(CC)CCCC(C)NC(=NC)NCCN1CCN(C(=O)C2CCC2)CC1.I. The van der Waals surface area contributed by atoms with Gasteiger partial charge in [-0.3, -0.25) is 14.7 Å². The van der Waals surface area contributed by atoms with Gasteiger partial charge >= 0.3 is 0 Å². The maximum atomic E-state index is 12.3. The number of nitrogens with zero attached hydrogens (tertiary/aromatic N) is 4. The van der Waals surface area contributed by atoms with Gasteiger partial charge in [-0.15, -0.1) is 24.0 Å². The van der Waals surface area contributed by atoms with Crippen molar-refractivity contribution in [3.8, 4) is 0 Å². The summed E-state index contributed by atoms with van der Waals surface area (Å²) in [4.78, 5) is 23.7. The fourth-order valence-corrected chi connectivity index (χ4v) is 4.10. The van der Waals surface area contributed by atoms with Crippen molar-refractivity contribution in [2.24, 2.45) is 10.9 Å². The van der Waals surface area contributed by atoms with E-state index >= 15 is 0 Å². The molecule has 0 aromatic carbocycles. The van der Waals surface area contributed by atoms with E-state index < -0.39 is 0 Å². The molecule has 0 radical (unpaired) electrons. The summed E-state index contributed by atoms with van der Waals surface area (Å²) in [6, 6.07) is 0.415. The third-order valence-corrected chi connectivity index (χ3v) is 6.47. The zero-order valence-electron chi connectivity index (χ0n) is 19.7. The second kappa shape index (κ2) is 15.2. The fourth-order valence-electron chi connectivity index (χ4n) is 4.10. The number of piperazine rings is 1. The Morgan fingerprint density at radius 1 is 1.17 bits per heavy atom. The van der Waals surface area contributed by atoms with Crippen LogP contribution in [0, 0.1) is 5.92 Å². The molecular weight excluding hydrogens is 491 g/mol. The number of halogens is 1. The number of rotatable bonds is 11. The van der Waals surface area contributed by atoms with Crippen molar-refractivity contribution in [2.45, 2.75) is 58.9 Å². The Hall–Kier alpha value is -0.610. The minimum atomic E-state index is 0. The van der Waals surface area contributed by atoms with Crippen molar-refractivity contribution in [2.75, 3.05) is 66.0 Å². The molecule has 2 N–H and O–H groups in total. The van der Waals surface area contributed by atoms with Crippen molar-refractivity contribution in [1.29, 1.82) is 0 Å². The Labute approximate surface area is 201 Å². The number of hydrogen-bond acceptors (Lipinski definition) is 4. The molecule has 0 bridgehead atoms. The van der Waals surface area contributed by atoms with Gasteiger partial charge in [0, 0.05) is 58.3 Å². The summed E-state index contributed by atoms with van der Waals surface area (Å²) in [6.45, 7) is 15.7. The number of carbonyl (C=O) groups excluding carboxylic acids is 1. The van der Waals surface area contributed by atoms with E-state index in [0.29, 0.717) is 17.9 Å². The molecule has 0 spiro atoms. The van der Waals surface area contributed by atoms with Crippen LogP contribution in [0.4, 0.5) is 0 Å². The number of aliphatic imine (C=N–C) groups is 1. The van der Waals surface area contributed by atoms with E-state index in [1.807, 2.05) is 7.05 Å². The maximum Gasteiger partial charge on any atom is 0.225 e. The lowest BCUT2D eigenvalue weighted by Crippen LogP contribution is -2.52. The highest BCUT2D eigenvalue weighted by atomic mass is 127. The van der Waals surface area contributed by atoms with E-state index in [-0.39, 0.29) is 24.0 Å². The Balaban J connectivity index is 0.00000450. The topological polar surface area (TPSA) is 63.2 Å². The minimum absolute atomic E-state index is 0. The molecule has 1 aliphatic carbocycles. The number of carbonyl (C=O) groups is 1. The van der Waals surface area contributed by atoms with Gasteiger partial charge < -0.3 is 20.4 Å². The Morgan fingerprint density at radius 2 is 1.83 bits per heavy atom. The van der Waals surface area contributed by atoms with Crippen LogP contribution in [0.1, 0.15) is 52.9 Å². The number of hydrogen-bond donors (Lipinski definition) is 2. The van der Waals surface area contributed by atoms with Crippen molar-refractivity contribution in [1.82, 2.24) is 25.3 Å². The molecule has 1 aliphatic heterocycles. The van der Waals surface area contributed by atoms with Gasteiger partial charge in [0.1, 0.15) is 0 Å². The molecule has 1 atom stereocenters. The highest BCUT2D eigenvalue weighted by Crippen LogP contribution is 2.28. The molecule has 7 nitrogen and oxygen atoms in total. The second-order valence-corrected chi connectivity index (χ2v) is 8.51. The molecule has 2 fully saturated rings. The lowest BCUT2D eigenvalue weighted by atomic mass is 9.84. The third kappa shape index (κ3) is 9.26. The maximum absolute atomic E-state index is 12.3. The van der Waals surface area contributed by atoms with Crippen LogP contribution in [0.15, 0.2) is 4.99 Å². The van der Waals surface area contributed by atoms with Crippen LogP contribution in [0.3, 0.4) is 0 Å². The molecule has 8 heteroatoms. The summed E-state index contributed by atoms with van der Waals surface area (Å²) in [5, 5.41) is 6.96. The van der Waals surface area contributed by atoms with Crippen molar-refractivity contribution >= 4 is 35.8 Å². The van der Waals surface area contributed by atoms with Crippen LogP contribution < -0.4 is 10.6 Å². The first-order chi connectivity index (χ1) is 14.1. The molecule has 1 heterocycles. The second-order valence-electron chi connectivity index (χ2n) is 8.51. The predicted octanol–water partition coefficient (Wildman–Crippen LogP) is 2.22. The van der Waals surface area contributed by atoms with E-state index in [1.54, 1.807) is 0 Å². The normalized spacial score (nSPS) is 19.2. The Bertz CT molecular complexity index is 502. The highest BCUT2D eigenvalue weighted by Gasteiger charge is 2.30. The first-order valence-corrected chi connectivity index (χ1v) is 11.8. The van der Waals surface area contributed by atoms with Crippen molar-refractivity contribution in [3.05, 3.63) is 0 Å². The van der Waals surface area contributed by atoms with Gasteiger partial charge in [-0.2, -0.15) is 0 Å². The highest BCUT2D eigenvalue weighted by molar-refractivity contribution is 14.0. The molecule has 0 aromatic heterocycles. The molecule has 2 rings (SSSR count). The van der Waals surface area contributed by atoms with Gasteiger partial charge in [0.25, 0.3) is 0 Å². The Kier molecular flexibility index (Phi) is 13.9. The van der Waals surface area contributed by atoms with Crippen molar-refractivity contribution in [3.63, 3.8) is 0 Å². The van der Waals surface area contributed by atoms with Gasteiger partial charge in [-0.05, 0) is 52.2 Å². The van der Waals surface area contributed by atoms with Gasteiger partial charge in [0.15, 0.2) is 5.96 Å². The molecule has 30 heavy (non-hydrogen) atoms. The van der Waals surface area contributed by atoms with Crippen LogP contribution in [0.25, 0.3) is 0 Å². The van der Waals surface area contributed by atoms with Gasteiger partial charge in [0.2, 0.25) is 5.91 Å².